The topological polar surface area (TPSA) is 52.7 Å². The largest absolute Gasteiger partial charge is 0.307 e. The minimum atomic E-state index is -3.65. The number of anilines is 2. The van der Waals surface area contributed by atoms with E-state index in [4.69, 9.17) is 11.6 Å². The quantitative estimate of drug-likeness (QED) is 0.790. The molecule has 0 aliphatic carbocycles. The van der Waals surface area contributed by atoms with Crippen LogP contribution in [0.4, 0.5) is 11.4 Å². The highest BCUT2D eigenvalue weighted by Gasteiger charge is 2.24. The van der Waals surface area contributed by atoms with Crippen LogP contribution in [0, 0.1) is 12.8 Å². The first kappa shape index (κ1) is 20.0. The molecule has 3 rings (SSSR count). The minimum Gasteiger partial charge on any atom is -0.307 e. The van der Waals surface area contributed by atoms with E-state index in [0.717, 1.165) is 43.1 Å². The van der Waals surface area contributed by atoms with Gasteiger partial charge in [0.2, 0.25) is 0 Å². The Morgan fingerprint density at radius 2 is 1.74 bits per heavy atom. The smallest absolute Gasteiger partial charge is 0.261 e. The molecule has 0 aromatic heterocycles. The van der Waals surface area contributed by atoms with Crippen LogP contribution in [0.2, 0.25) is 5.02 Å². The van der Waals surface area contributed by atoms with Gasteiger partial charge in [-0.3, -0.25) is 4.72 Å². The summed E-state index contributed by atoms with van der Waals surface area (Å²) in [6.45, 7) is 6.10. The number of piperidine rings is 1. The lowest BCUT2D eigenvalue weighted by Gasteiger charge is -2.39. The summed E-state index contributed by atoms with van der Waals surface area (Å²) >= 11 is 6.49. The van der Waals surface area contributed by atoms with Crippen molar-refractivity contribution in [3.8, 4) is 0 Å². The predicted molar refractivity (Wildman–Crippen MR) is 112 cm³/mol. The van der Waals surface area contributed by atoms with Crippen LogP contribution in [0.3, 0.4) is 0 Å². The first-order valence-electron chi connectivity index (χ1n) is 9.15. The van der Waals surface area contributed by atoms with E-state index >= 15 is 0 Å². The van der Waals surface area contributed by atoms with Gasteiger partial charge in [-0.25, -0.2) is 13.4 Å². The molecule has 1 N–H and O–H groups in total. The normalized spacial score (nSPS) is 16.3. The summed E-state index contributed by atoms with van der Waals surface area (Å²) in [5.74, 6) is 0.732. The average molecular weight is 408 g/mol. The number of hydrogen-bond acceptors (Lipinski definition) is 4. The van der Waals surface area contributed by atoms with Crippen molar-refractivity contribution in [3.05, 3.63) is 53.1 Å². The van der Waals surface area contributed by atoms with Crippen LogP contribution in [-0.4, -0.2) is 33.6 Å². The number of halogens is 1. The van der Waals surface area contributed by atoms with Gasteiger partial charge in [0, 0.05) is 20.1 Å². The van der Waals surface area contributed by atoms with Gasteiger partial charge in [-0.05, 0) is 55.5 Å². The zero-order valence-corrected chi connectivity index (χ0v) is 17.5. The van der Waals surface area contributed by atoms with Gasteiger partial charge in [-0.2, -0.15) is 0 Å². The second kappa shape index (κ2) is 8.09. The van der Waals surface area contributed by atoms with Crippen molar-refractivity contribution in [3.63, 3.8) is 0 Å². The van der Waals surface area contributed by atoms with E-state index in [0.29, 0.717) is 10.7 Å². The zero-order chi connectivity index (χ0) is 19.6. The highest BCUT2D eigenvalue weighted by Crippen LogP contribution is 2.36. The maximum atomic E-state index is 12.7. The molecule has 0 saturated carbocycles. The van der Waals surface area contributed by atoms with Crippen LogP contribution in [0.5, 0.6) is 0 Å². The van der Waals surface area contributed by atoms with E-state index in [1.54, 1.807) is 42.5 Å². The molecular formula is C20H26ClN3O2S. The molecule has 5 nitrogen and oxygen atoms in total. The number of hydrogen-bond donors (Lipinski definition) is 1. The first-order valence-corrected chi connectivity index (χ1v) is 11.0. The fourth-order valence-electron chi connectivity index (χ4n) is 3.41. The lowest BCUT2D eigenvalue weighted by atomic mass is 10.0. The number of benzene rings is 2. The molecule has 1 saturated heterocycles. The monoisotopic (exact) mass is 407 g/mol. The summed E-state index contributed by atoms with van der Waals surface area (Å²) < 4.78 is 28.1. The maximum Gasteiger partial charge on any atom is 0.261 e. The second-order valence-electron chi connectivity index (χ2n) is 7.15. The predicted octanol–water partition coefficient (Wildman–Crippen LogP) is 4.53. The van der Waals surface area contributed by atoms with Gasteiger partial charge in [0.05, 0.1) is 21.3 Å². The molecular weight excluding hydrogens is 382 g/mol. The lowest BCUT2D eigenvalue weighted by molar-refractivity contribution is 0.185. The first-order chi connectivity index (χ1) is 12.8. The van der Waals surface area contributed by atoms with E-state index in [2.05, 4.69) is 21.7 Å². The van der Waals surface area contributed by atoms with Crippen molar-refractivity contribution >= 4 is 33.0 Å². The van der Waals surface area contributed by atoms with Gasteiger partial charge < -0.3 is 5.01 Å². The summed E-state index contributed by atoms with van der Waals surface area (Å²) in [6.07, 6.45) is 2.28. The second-order valence-corrected chi connectivity index (χ2v) is 9.24. The van der Waals surface area contributed by atoms with Crippen LogP contribution < -0.4 is 9.73 Å². The number of hydrazine groups is 1. The Morgan fingerprint density at radius 1 is 1.11 bits per heavy atom. The average Bonchev–Trinajstić information content (AvgIpc) is 2.65. The third-order valence-corrected chi connectivity index (χ3v) is 6.87. The minimum absolute atomic E-state index is 0.235. The van der Waals surface area contributed by atoms with Crippen molar-refractivity contribution in [1.29, 1.82) is 0 Å². The molecule has 0 unspecified atom stereocenters. The molecule has 0 atom stereocenters. The third kappa shape index (κ3) is 4.39. The number of sulfonamides is 1. The molecule has 2 aromatic carbocycles. The van der Waals surface area contributed by atoms with Crippen molar-refractivity contribution in [2.24, 2.45) is 5.92 Å². The van der Waals surface area contributed by atoms with Crippen molar-refractivity contribution in [2.45, 2.75) is 31.6 Å². The van der Waals surface area contributed by atoms with E-state index in [1.807, 2.05) is 14.0 Å². The maximum absolute atomic E-state index is 12.7. The standard InChI is InChI=1S/C20H26ClN3O2S/c1-15-11-13-24(14-12-15)23(3)20-16(2)19(10-9-18(20)21)22-27(25,26)17-7-5-4-6-8-17/h4-10,15,22H,11-14H2,1-3H3. The number of rotatable bonds is 5. The number of nitrogens with zero attached hydrogens (tertiary/aromatic N) is 2. The van der Waals surface area contributed by atoms with E-state index in [-0.39, 0.29) is 4.90 Å². The van der Waals surface area contributed by atoms with Gasteiger partial charge in [-0.1, -0.05) is 36.7 Å². The van der Waals surface area contributed by atoms with Crippen LogP contribution >= 0.6 is 11.6 Å². The summed E-state index contributed by atoms with van der Waals surface area (Å²) in [4.78, 5) is 0.235. The highest BCUT2D eigenvalue weighted by molar-refractivity contribution is 7.92. The Morgan fingerprint density at radius 3 is 2.37 bits per heavy atom. The van der Waals surface area contributed by atoms with Gasteiger partial charge in [0.25, 0.3) is 10.0 Å². The summed E-state index contributed by atoms with van der Waals surface area (Å²) in [5, 5.41) is 4.93. The SMILES string of the molecule is Cc1c(NS(=O)(=O)c2ccccc2)ccc(Cl)c1N(C)N1CCC(C)CC1. The molecule has 1 aliphatic rings. The Labute approximate surface area is 167 Å². The van der Waals surface area contributed by atoms with Crippen LogP contribution in [0.1, 0.15) is 25.3 Å². The Hall–Kier alpha value is -1.76. The highest BCUT2D eigenvalue weighted by atomic mass is 35.5. The van der Waals surface area contributed by atoms with Gasteiger partial charge >= 0.3 is 0 Å². The van der Waals surface area contributed by atoms with Crippen LogP contribution in [-0.2, 0) is 10.0 Å². The van der Waals surface area contributed by atoms with Crippen molar-refractivity contribution < 1.29 is 8.42 Å². The third-order valence-electron chi connectivity index (χ3n) is 5.19. The number of nitrogens with one attached hydrogen (secondary N) is 1. The molecule has 1 aliphatic heterocycles. The molecule has 0 amide bonds. The molecule has 27 heavy (non-hydrogen) atoms. The van der Waals surface area contributed by atoms with Gasteiger partial charge in [0.15, 0.2) is 0 Å². The van der Waals surface area contributed by atoms with Crippen LogP contribution in [0.25, 0.3) is 0 Å². The van der Waals surface area contributed by atoms with E-state index in [9.17, 15) is 8.42 Å². The van der Waals surface area contributed by atoms with Crippen molar-refractivity contribution in [2.75, 3.05) is 29.9 Å². The lowest BCUT2D eigenvalue weighted by Crippen LogP contribution is -2.45. The summed E-state index contributed by atoms with van der Waals surface area (Å²) in [7, 11) is -1.66. The van der Waals surface area contributed by atoms with Crippen LogP contribution in [0.15, 0.2) is 47.4 Å². The molecule has 2 aromatic rings. The van der Waals surface area contributed by atoms with Gasteiger partial charge in [0.1, 0.15) is 0 Å². The molecule has 1 heterocycles. The molecule has 1 fully saturated rings. The molecule has 0 radical (unpaired) electrons. The van der Waals surface area contributed by atoms with E-state index in [1.165, 1.54) is 0 Å². The van der Waals surface area contributed by atoms with E-state index < -0.39 is 10.0 Å². The molecule has 146 valence electrons. The Bertz CT molecular complexity index is 895. The van der Waals surface area contributed by atoms with Gasteiger partial charge in [-0.15, -0.1) is 0 Å². The molecule has 7 heteroatoms. The molecule has 0 bridgehead atoms. The summed E-state index contributed by atoms with van der Waals surface area (Å²) in [5.41, 5.74) is 2.18. The fraction of sp³-hybridized carbons (Fsp3) is 0.400. The zero-order valence-electron chi connectivity index (χ0n) is 15.9. The fourth-order valence-corrected chi connectivity index (χ4v) is 4.89. The Balaban J connectivity index is 1.90. The molecule has 0 spiro atoms. The summed E-state index contributed by atoms with van der Waals surface area (Å²) in [6, 6.07) is 11.8. The Kier molecular flexibility index (Phi) is 5.99. The van der Waals surface area contributed by atoms with Crippen molar-refractivity contribution in [1.82, 2.24) is 5.01 Å².